The van der Waals surface area contributed by atoms with E-state index in [-0.39, 0.29) is 17.9 Å². The van der Waals surface area contributed by atoms with Crippen molar-refractivity contribution in [3.05, 3.63) is 23.8 Å². The van der Waals surface area contributed by atoms with E-state index in [9.17, 15) is 10.1 Å². The third-order valence-corrected chi connectivity index (χ3v) is 4.24. The van der Waals surface area contributed by atoms with E-state index >= 15 is 0 Å². The van der Waals surface area contributed by atoms with Gasteiger partial charge >= 0.3 is 0 Å². The van der Waals surface area contributed by atoms with Gasteiger partial charge in [-0.05, 0) is 25.0 Å². The second kappa shape index (κ2) is 5.04. The largest absolute Gasteiger partial charge is 0.497 e. The van der Waals surface area contributed by atoms with E-state index in [0.29, 0.717) is 12.1 Å². The van der Waals surface area contributed by atoms with Gasteiger partial charge in [-0.15, -0.1) is 0 Å². The Bertz CT molecular complexity index is 579. The lowest BCUT2D eigenvalue weighted by Crippen LogP contribution is -2.46. The van der Waals surface area contributed by atoms with Gasteiger partial charge < -0.3 is 15.0 Å². The number of hydrogen-bond donors (Lipinski definition) is 1. The zero-order chi connectivity index (χ0) is 14.1. The zero-order valence-corrected chi connectivity index (χ0v) is 11.4. The second-order valence-electron chi connectivity index (χ2n) is 5.25. The molecule has 0 bridgehead atoms. The van der Waals surface area contributed by atoms with Crippen LogP contribution >= 0.6 is 0 Å². The lowest BCUT2D eigenvalue weighted by atomic mass is 9.90. The summed E-state index contributed by atoms with van der Waals surface area (Å²) in [5.41, 5.74) is 1.50. The second-order valence-corrected chi connectivity index (χ2v) is 5.25. The number of rotatable bonds is 2. The molecule has 2 aliphatic rings. The summed E-state index contributed by atoms with van der Waals surface area (Å²) in [4.78, 5) is 14.0. The highest BCUT2D eigenvalue weighted by atomic mass is 16.5. The van der Waals surface area contributed by atoms with Crippen molar-refractivity contribution >= 4 is 11.6 Å². The summed E-state index contributed by atoms with van der Waals surface area (Å²) in [6, 6.07) is 7.85. The number of nitriles is 1. The fourth-order valence-electron chi connectivity index (χ4n) is 3.22. The number of ether oxygens (including phenoxy) is 1. The van der Waals surface area contributed by atoms with Crippen LogP contribution in [-0.4, -0.2) is 32.1 Å². The molecule has 0 spiro atoms. The number of piperidine rings is 1. The number of benzene rings is 1. The molecule has 20 heavy (non-hydrogen) atoms. The van der Waals surface area contributed by atoms with Gasteiger partial charge in [-0.25, -0.2) is 0 Å². The molecule has 1 aromatic rings. The first kappa shape index (κ1) is 12.8. The molecule has 5 heteroatoms. The lowest BCUT2D eigenvalue weighted by molar-refractivity contribution is -0.122. The van der Waals surface area contributed by atoms with Gasteiger partial charge in [0.2, 0.25) is 5.91 Å². The molecule has 0 aromatic heterocycles. The van der Waals surface area contributed by atoms with E-state index in [0.717, 1.165) is 30.8 Å². The smallest absolute Gasteiger partial charge is 0.225 e. The molecule has 2 heterocycles. The van der Waals surface area contributed by atoms with E-state index in [1.165, 1.54) is 0 Å². The van der Waals surface area contributed by atoms with E-state index in [1.807, 2.05) is 6.07 Å². The maximum absolute atomic E-state index is 11.8. The van der Waals surface area contributed by atoms with Crippen molar-refractivity contribution in [2.75, 3.05) is 25.1 Å². The van der Waals surface area contributed by atoms with Crippen molar-refractivity contribution < 1.29 is 9.53 Å². The molecule has 2 saturated heterocycles. The van der Waals surface area contributed by atoms with E-state index < -0.39 is 0 Å². The Kier molecular flexibility index (Phi) is 3.23. The molecule has 1 aromatic carbocycles. The van der Waals surface area contributed by atoms with Gasteiger partial charge in [-0.1, -0.05) is 0 Å². The van der Waals surface area contributed by atoms with Crippen LogP contribution < -0.4 is 15.0 Å². The van der Waals surface area contributed by atoms with Crippen LogP contribution in [0.3, 0.4) is 0 Å². The molecular formula is C15H17N3O2. The minimum absolute atomic E-state index is 0.0430. The topological polar surface area (TPSA) is 65.4 Å². The maximum atomic E-state index is 11.8. The van der Waals surface area contributed by atoms with Crippen LogP contribution in [0.2, 0.25) is 0 Å². The zero-order valence-electron chi connectivity index (χ0n) is 11.4. The predicted octanol–water partition coefficient (Wildman–Crippen LogP) is 1.28. The highest BCUT2D eigenvalue weighted by Crippen LogP contribution is 2.35. The Balaban J connectivity index is 1.99. The minimum Gasteiger partial charge on any atom is -0.497 e. The van der Waals surface area contributed by atoms with Crippen LogP contribution in [0.15, 0.2) is 18.2 Å². The molecule has 1 amide bonds. The molecule has 2 fully saturated rings. The van der Waals surface area contributed by atoms with Crippen molar-refractivity contribution in [3.8, 4) is 11.8 Å². The first-order valence-electron chi connectivity index (χ1n) is 6.87. The van der Waals surface area contributed by atoms with Crippen molar-refractivity contribution in [2.45, 2.75) is 18.9 Å². The molecule has 0 saturated carbocycles. The Morgan fingerprint density at radius 1 is 1.50 bits per heavy atom. The number of nitrogens with zero attached hydrogens (tertiary/aromatic N) is 2. The van der Waals surface area contributed by atoms with Gasteiger partial charge in [-0.2, -0.15) is 5.26 Å². The predicted molar refractivity (Wildman–Crippen MR) is 74.6 cm³/mol. The number of hydrogen-bond acceptors (Lipinski definition) is 4. The molecule has 0 aliphatic carbocycles. The van der Waals surface area contributed by atoms with Crippen LogP contribution in [0.1, 0.15) is 18.4 Å². The molecule has 2 unspecified atom stereocenters. The molecule has 2 atom stereocenters. The van der Waals surface area contributed by atoms with Crippen LogP contribution in [0.25, 0.3) is 0 Å². The van der Waals surface area contributed by atoms with Gasteiger partial charge in [0.05, 0.1) is 30.3 Å². The Hall–Kier alpha value is -2.22. The van der Waals surface area contributed by atoms with Crippen molar-refractivity contribution in [2.24, 2.45) is 5.92 Å². The van der Waals surface area contributed by atoms with Crippen molar-refractivity contribution in [1.29, 1.82) is 5.26 Å². The summed E-state index contributed by atoms with van der Waals surface area (Å²) < 4.78 is 5.26. The average molecular weight is 271 g/mol. The molecule has 0 radical (unpaired) electrons. The van der Waals surface area contributed by atoms with E-state index in [4.69, 9.17) is 4.74 Å². The highest BCUT2D eigenvalue weighted by Gasteiger charge is 2.41. The quantitative estimate of drug-likeness (QED) is 0.880. The molecular weight excluding hydrogens is 254 g/mol. The van der Waals surface area contributed by atoms with Crippen LogP contribution in [0.5, 0.6) is 5.75 Å². The number of nitrogens with one attached hydrogen (secondary N) is 1. The first-order chi connectivity index (χ1) is 9.74. The van der Waals surface area contributed by atoms with Gasteiger partial charge in [0, 0.05) is 19.2 Å². The molecule has 1 N–H and O–H groups in total. The summed E-state index contributed by atoms with van der Waals surface area (Å²) in [7, 11) is 1.62. The van der Waals surface area contributed by atoms with E-state index in [1.54, 1.807) is 19.2 Å². The number of fused-ring (bicyclic) bond motifs is 1. The summed E-state index contributed by atoms with van der Waals surface area (Å²) in [5.74, 6) is 0.918. The summed E-state index contributed by atoms with van der Waals surface area (Å²) in [6.45, 7) is 1.53. The molecule has 3 rings (SSSR count). The van der Waals surface area contributed by atoms with Gasteiger partial charge in [0.25, 0.3) is 0 Å². The summed E-state index contributed by atoms with van der Waals surface area (Å²) in [6.07, 6.45) is 1.90. The lowest BCUT2D eigenvalue weighted by Gasteiger charge is -2.38. The van der Waals surface area contributed by atoms with Crippen molar-refractivity contribution in [1.82, 2.24) is 5.32 Å². The molecule has 5 nitrogen and oxygen atoms in total. The fraction of sp³-hybridized carbons (Fsp3) is 0.467. The summed E-state index contributed by atoms with van der Waals surface area (Å²) >= 11 is 0. The van der Waals surface area contributed by atoms with Crippen LogP contribution in [-0.2, 0) is 4.79 Å². The number of amides is 1. The highest BCUT2D eigenvalue weighted by molar-refractivity contribution is 5.83. The minimum atomic E-state index is 0.0430. The Morgan fingerprint density at radius 3 is 3.10 bits per heavy atom. The Morgan fingerprint density at radius 2 is 2.35 bits per heavy atom. The maximum Gasteiger partial charge on any atom is 0.225 e. The van der Waals surface area contributed by atoms with Crippen molar-refractivity contribution in [3.63, 3.8) is 0 Å². The van der Waals surface area contributed by atoms with E-state index in [2.05, 4.69) is 16.3 Å². The first-order valence-corrected chi connectivity index (χ1v) is 6.87. The Labute approximate surface area is 118 Å². The molecule has 104 valence electrons. The average Bonchev–Trinajstić information content (AvgIpc) is 2.88. The third-order valence-electron chi connectivity index (χ3n) is 4.24. The fourth-order valence-corrected chi connectivity index (χ4v) is 3.22. The van der Waals surface area contributed by atoms with Crippen LogP contribution in [0, 0.1) is 17.2 Å². The van der Waals surface area contributed by atoms with Gasteiger partial charge in [0.15, 0.2) is 0 Å². The number of carbonyl (C=O) groups is 1. The summed E-state index contributed by atoms with van der Waals surface area (Å²) in [5, 5.41) is 12.2. The van der Waals surface area contributed by atoms with Gasteiger partial charge in [-0.3, -0.25) is 4.79 Å². The van der Waals surface area contributed by atoms with Crippen LogP contribution in [0.4, 0.5) is 5.69 Å². The number of anilines is 1. The number of carbonyl (C=O) groups excluding carboxylic acids is 1. The normalized spacial score (nSPS) is 24.8. The SMILES string of the molecule is COc1ccc(C#N)c(N2CCCC3C(=O)NCC32)c1. The monoisotopic (exact) mass is 271 g/mol. The number of methoxy groups -OCH3 is 1. The molecule has 2 aliphatic heterocycles. The third kappa shape index (κ3) is 1.97. The van der Waals surface area contributed by atoms with Gasteiger partial charge in [0.1, 0.15) is 11.8 Å². The standard InChI is InChI=1S/C15H17N3O2/c1-20-11-5-4-10(8-16)13(7-11)18-6-2-3-12-14(18)9-17-15(12)19/h4-5,7,12,14H,2-3,6,9H2,1H3,(H,17,19).